The van der Waals surface area contributed by atoms with Gasteiger partial charge in [0.2, 0.25) is 5.91 Å². The van der Waals surface area contributed by atoms with Crippen LogP contribution in [0.25, 0.3) is 0 Å². The number of carbonyl (C=O) groups excluding carboxylic acids is 2. The Bertz CT molecular complexity index is 1130. The van der Waals surface area contributed by atoms with Crippen molar-refractivity contribution in [3.05, 3.63) is 52.3 Å². The summed E-state index contributed by atoms with van der Waals surface area (Å²) in [7, 11) is 0. The molecular formula is C23H24Cl2FN5O3S. The molecule has 2 aromatic carbocycles. The SMILES string of the molecule is CC(=O)NC[C@H]1CN(c2ccc(N3CCN(C(=S)Nc4cc(Cl)cc(Cl)c4)CC3)c(F)c2)C(=O)O1. The molecule has 0 bridgehead atoms. The predicted molar refractivity (Wildman–Crippen MR) is 139 cm³/mol. The molecule has 8 nitrogen and oxygen atoms in total. The zero-order valence-electron chi connectivity index (χ0n) is 18.9. The van der Waals surface area contributed by atoms with Crippen molar-refractivity contribution in [2.24, 2.45) is 0 Å². The van der Waals surface area contributed by atoms with Crippen LogP contribution >= 0.6 is 35.4 Å². The monoisotopic (exact) mass is 539 g/mol. The number of thiocarbonyl (C=S) groups is 1. The molecule has 186 valence electrons. The molecule has 0 unspecified atom stereocenters. The maximum absolute atomic E-state index is 15.0. The van der Waals surface area contributed by atoms with Crippen molar-refractivity contribution in [3.8, 4) is 0 Å². The summed E-state index contributed by atoms with van der Waals surface area (Å²) in [5.41, 5.74) is 1.57. The van der Waals surface area contributed by atoms with E-state index in [1.54, 1.807) is 30.3 Å². The topological polar surface area (TPSA) is 77.2 Å². The lowest BCUT2D eigenvalue weighted by atomic mass is 10.2. The van der Waals surface area contributed by atoms with Gasteiger partial charge in [-0.3, -0.25) is 9.69 Å². The minimum Gasteiger partial charge on any atom is -0.442 e. The lowest BCUT2D eigenvalue weighted by Crippen LogP contribution is -2.50. The third-order valence-corrected chi connectivity index (χ3v) is 6.51. The normalized spacial score (nSPS) is 17.9. The van der Waals surface area contributed by atoms with Gasteiger partial charge < -0.3 is 25.2 Å². The highest BCUT2D eigenvalue weighted by Gasteiger charge is 2.33. The largest absolute Gasteiger partial charge is 0.442 e. The van der Waals surface area contributed by atoms with Gasteiger partial charge in [0.05, 0.1) is 24.5 Å². The highest BCUT2D eigenvalue weighted by molar-refractivity contribution is 7.80. The molecule has 0 aliphatic carbocycles. The summed E-state index contributed by atoms with van der Waals surface area (Å²) in [6, 6.07) is 9.82. The number of hydrogen-bond donors (Lipinski definition) is 2. The lowest BCUT2D eigenvalue weighted by Gasteiger charge is -2.37. The molecule has 2 amide bonds. The van der Waals surface area contributed by atoms with Crippen LogP contribution in [0.4, 0.5) is 26.2 Å². The Kier molecular flexibility index (Phi) is 7.83. The van der Waals surface area contributed by atoms with Crippen LogP contribution in [-0.2, 0) is 9.53 Å². The summed E-state index contributed by atoms with van der Waals surface area (Å²) in [6.07, 6.45) is -1.05. The maximum atomic E-state index is 15.0. The molecule has 0 saturated carbocycles. The van der Waals surface area contributed by atoms with Crippen molar-refractivity contribution in [3.63, 3.8) is 0 Å². The van der Waals surface area contributed by atoms with E-state index in [0.29, 0.717) is 58.4 Å². The van der Waals surface area contributed by atoms with E-state index in [1.165, 1.54) is 17.9 Å². The number of benzene rings is 2. The molecule has 2 aromatic rings. The lowest BCUT2D eigenvalue weighted by molar-refractivity contribution is -0.119. The molecule has 2 aliphatic rings. The van der Waals surface area contributed by atoms with E-state index in [4.69, 9.17) is 40.2 Å². The molecule has 0 radical (unpaired) electrons. The fraction of sp³-hybridized carbons (Fsp3) is 0.348. The Morgan fingerprint density at radius 1 is 1.14 bits per heavy atom. The molecule has 2 aliphatic heterocycles. The second-order valence-electron chi connectivity index (χ2n) is 8.25. The number of rotatable bonds is 5. The van der Waals surface area contributed by atoms with Gasteiger partial charge in [0.25, 0.3) is 0 Å². The third kappa shape index (κ3) is 6.25. The van der Waals surface area contributed by atoms with Gasteiger partial charge in [-0.1, -0.05) is 23.2 Å². The summed E-state index contributed by atoms with van der Waals surface area (Å²) in [4.78, 5) is 28.6. The number of carbonyl (C=O) groups is 2. The average Bonchev–Trinajstić information content (AvgIpc) is 3.17. The van der Waals surface area contributed by atoms with Gasteiger partial charge in [-0.15, -0.1) is 0 Å². The molecule has 0 aromatic heterocycles. The van der Waals surface area contributed by atoms with E-state index in [2.05, 4.69) is 10.6 Å². The van der Waals surface area contributed by atoms with Crippen molar-refractivity contribution in [2.45, 2.75) is 13.0 Å². The summed E-state index contributed by atoms with van der Waals surface area (Å²) < 4.78 is 20.3. The Morgan fingerprint density at radius 3 is 2.46 bits per heavy atom. The molecule has 2 N–H and O–H groups in total. The Labute approximate surface area is 217 Å². The van der Waals surface area contributed by atoms with Crippen molar-refractivity contribution in [1.29, 1.82) is 0 Å². The third-order valence-electron chi connectivity index (χ3n) is 5.72. The first-order valence-electron chi connectivity index (χ1n) is 11.0. The van der Waals surface area contributed by atoms with E-state index in [-0.39, 0.29) is 19.0 Å². The summed E-state index contributed by atoms with van der Waals surface area (Å²) in [5, 5.41) is 7.33. The van der Waals surface area contributed by atoms with Crippen LogP contribution in [0.15, 0.2) is 36.4 Å². The average molecular weight is 540 g/mol. The van der Waals surface area contributed by atoms with Crippen LogP contribution in [0.2, 0.25) is 10.0 Å². The Balaban J connectivity index is 1.34. The first-order valence-corrected chi connectivity index (χ1v) is 12.1. The molecule has 0 spiro atoms. The molecule has 35 heavy (non-hydrogen) atoms. The van der Waals surface area contributed by atoms with Gasteiger partial charge in [-0.05, 0) is 48.6 Å². The van der Waals surface area contributed by atoms with Crippen molar-refractivity contribution < 1.29 is 18.7 Å². The summed E-state index contributed by atoms with van der Waals surface area (Å²) >= 11 is 17.6. The van der Waals surface area contributed by atoms with Crippen LogP contribution in [0.5, 0.6) is 0 Å². The maximum Gasteiger partial charge on any atom is 0.414 e. The summed E-state index contributed by atoms with van der Waals surface area (Å²) in [5.74, 6) is -0.635. The Hall–Kier alpha value is -2.82. The number of nitrogens with zero attached hydrogens (tertiary/aromatic N) is 3. The first kappa shape index (κ1) is 25.3. The van der Waals surface area contributed by atoms with Crippen molar-refractivity contribution in [2.75, 3.05) is 54.4 Å². The van der Waals surface area contributed by atoms with E-state index >= 15 is 4.39 Å². The molecular weight excluding hydrogens is 516 g/mol. The van der Waals surface area contributed by atoms with Gasteiger partial charge in [0.1, 0.15) is 11.9 Å². The molecule has 4 rings (SSSR count). The van der Waals surface area contributed by atoms with E-state index in [9.17, 15) is 9.59 Å². The second-order valence-corrected chi connectivity index (χ2v) is 9.51. The fourth-order valence-electron chi connectivity index (χ4n) is 4.00. The Morgan fingerprint density at radius 2 is 1.83 bits per heavy atom. The molecule has 2 fully saturated rings. The minimum atomic E-state index is -0.567. The van der Waals surface area contributed by atoms with Crippen molar-refractivity contribution >= 4 is 69.6 Å². The number of piperazine rings is 1. The van der Waals surface area contributed by atoms with E-state index in [0.717, 1.165) is 0 Å². The smallest absolute Gasteiger partial charge is 0.414 e. The highest BCUT2D eigenvalue weighted by atomic mass is 35.5. The number of hydrogen-bond acceptors (Lipinski definition) is 5. The van der Waals surface area contributed by atoms with E-state index < -0.39 is 18.0 Å². The van der Waals surface area contributed by atoms with Gasteiger partial charge in [0, 0.05) is 48.8 Å². The molecule has 12 heteroatoms. The van der Waals surface area contributed by atoms with Crippen LogP contribution < -0.4 is 20.4 Å². The zero-order valence-corrected chi connectivity index (χ0v) is 21.2. The number of anilines is 3. The zero-order chi connectivity index (χ0) is 25.1. The van der Waals surface area contributed by atoms with Gasteiger partial charge in [-0.25, -0.2) is 9.18 Å². The predicted octanol–water partition coefficient (Wildman–Crippen LogP) is 4.11. The van der Waals surface area contributed by atoms with Crippen molar-refractivity contribution in [1.82, 2.24) is 10.2 Å². The first-order chi connectivity index (χ1) is 16.7. The van der Waals surface area contributed by atoms with Crippen LogP contribution in [0, 0.1) is 5.82 Å². The van der Waals surface area contributed by atoms with Crippen LogP contribution in [0.1, 0.15) is 6.92 Å². The summed E-state index contributed by atoms with van der Waals surface area (Å²) in [6.45, 7) is 4.18. The number of amides is 2. The standard InChI is InChI=1S/C23H24Cl2FN5O3S/c1-14(32)27-12-19-13-31(23(33)34-19)18-2-3-21(20(26)11-18)29-4-6-30(7-5-29)22(35)28-17-9-15(24)8-16(25)10-17/h2-3,8-11,19H,4-7,12-13H2,1H3,(H,27,32)(H,28,35)/t19-/m0/s1. The highest BCUT2D eigenvalue weighted by Crippen LogP contribution is 2.29. The van der Waals surface area contributed by atoms with Crippen LogP contribution in [0.3, 0.4) is 0 Å². The molecule has 1 atom stereocenters. The second kappa shape index (κ2) is 10.8. The van der Waals surface area contributed by atoms with E-state index in [1.807, 2.05) is 9.80 Å². The number of ether oxygens (including phenoxy) is 1. The van der Waals surface area contributed by atoms with Gasteiger partial charge in [0.15, 0.2) is 5.11 Å². The van der Waals surface area contributed by atoms with Gasteiger partial charge >= 0.3 is 6.09 Å². The quantitative estimate of drug-likeness (QED) is 0.553. The van der Waals surface area contributed by atoms with Crippen LogP contribution in [-0.4, -0.2) is 67.4 Å². The number of nitrogens with one attached hydrogen (secondary N) is 2. The number of halogens is 3. The fourth-order valence-corrected chi connectivity index (χ4v) is 4.82. The molecule has 2 saturated heterocycles. The van der Waals surface area contributed by atoms with Gasteiger partial charge in [-0.2, -0.15) is 0 Å². The molecule has 2 heterocycles. The minimum absolute atomic E-state index is 0.208. The number of cyclic esters (lactones) is 1.